The van der Waals surface area contributed by atoms with Crippen LogP contribution in [0.15, 0.2) is 48.8 Å². The van der Waals surface area contributed by atoms with Crippen LogP contribution in [0.4, 0.5) is 0 Å². The van der Waals surface area contributed by atoms with Gasteiger partial charge in [-0.05, 0) is 47.4 Å². The van der Waals surface area contributed by atoms with Gasteiger partial charge < -0.3 is 5.11 Å². The van der Waals surface area contributed by atoms with Gasteiger partial charge in [-0.25, -0.2) is 0 Å². The van der Waals surface area contributed by atoms with Crippen LogP contribution in [-0.2, 0) is 11.3 Å². The Balaban J connectivity index is 1.63. The lowest BCUT2D eigenvalue weighted by molar-refractivity contribution is -0.139. The average Bonchev–Trinajstić information content (AvgIpc) is 2.71. The van der Waals surface area contributed by atoms with Crippen molar-refractivity contribution in [1.82, 2.24) is 9.88 Å². The summed E-state index contributed by atoms with van der Waals surface area (Å²) in [6.07, 6.45) is 5.57. The van der Waals surface area contributed by atoms with Crippen molar-refractivity contribution in [3.63, 3.8) is 0 Å². The van der Waals surface area contributed by atoms with E-state index in [2.05, 4.69) is 22.0 Å². The zero-order valence-corrected chi connectivity index (χ0v) is 13.6. The predicted octanol–water partition coefficient (Wildman–Crippen LogP) is 3.26. The van der Waals surface area contributed by atoms with Crippen LogP contribution in [0.3, 0.4) is 0 Å². The number of pyridine rings is 1. The number of carboxylic acid groups (broad SMARTS) is 1. The summed E-state index contributed by atoms with van der Waals surface area (Å²) in [6.45, 7) is 2.86. The molecule has 4 rings (SSSR count). The molecule has 3 unspecified atom stereocenters. The van der Waals surface area contributed by atoms with E-state index in [0.29, 0.717) is 11.8 Å². The molecule has 124 valence electrons. The molecule has 1 aromatic heterocycles. The Morgan fingerprint density at radius 1 is 1.12 bits per heavy atom. The first-order chi connectivity index (χ1) is 11.7. The summed E-state index contributed by atoms with van der Waals surface area (Å²) < 4.78 is 0. The molecular weight excluding hydrogens is 300 g/mol. The molecule has 1 aliphatic carbocycles. The second-order valence-electron chi connectivity index (χ2n) is 7.11. The molecule has 1 saturated heterocycles. The van der Waals surface area contributed by atoms with Crippen LogP contribution < -0.4 is 0 Å². The van der Waals surface area contributed by atoms with Gasteiger partial charge in [0.2, 0.25) is 0 Å². The summed E-state index contributed by atoms with van der Waals surface area (Å²) in [5.41, 5.74) is 3.49. The van der Waals surface area contributed by atoms with E-state index in [1.54, 1.807) is 6.20 Å². The first-order valence-electron chi connectivity index (χ1n) is 8.63. The highest BCUT2D eigenvalue weighted by Gasteiger charge is 2.37. The fraction of sp³-hybridized carbons (Fsp3) is 0.400. The van der Waals surface area contributed by atoms with Gasteiger partial charge in [-0.1, -0.05) is 30.3 Å². The molecule has 0 radical (unpaired) electrons. The molecule has 0 amide bonds. The van der Waals surface area contributed by atoms with Crippen LogP contribution in [0.5, 0.6) is 0 Å². The monoisotopic (exact) mass is 322 g/mol. The lowest BCUT2D eigenvalue weighted by Crippen LogP contribution is -2.38. The minimum atomic E-state index is -0.686. The third kappa shape index (κ3) is 2.94. The number of aromatic nitrogens is 1. The molecule has 1 aromatic carbocycles. The summed E-state index contributed by atoms with van der Waals surface area (Å²) in [5, 5.41) is 9.71. The van der Waals surface area contributed by atoms with E-state index in [0.717, 1.165) is 38.0 Å². The van der Waals surface area contributed by atoms with Crippen molar-refractivity contribution in [3.8, 4) is 0 Å². The Morgan fingerprint density at radius 3 is 2.71 bits per heavy atom. The number of nitrogens with zero attached hydrogens (tertiary/aromatic N) is 2. The molecule has 4 heteroatoms. The highest BCUT2D eigenvalue weighted by Crippen LogP contribution is 2.43. The van der Waals surface area contributed by atoms with E-state index >= 15 is 0 Å². The zero-order valence-electron chi connectivity index (χ0n) is 13.6. The maximum atomic E-state index is 11.8. The van der Waals surface area contributed by atoms with Crippen LogP contribution in [0.1, 0.15) is 41.4 Å². The maximum absolute atomic E-state index is 11.8. The van der Waals surface area contributed by atoms with E-state index in [-0.39, 0.29) is 5.92 Å². The molecule has 4 nitrogen and oxygen atoms in total. The molecule has 0 spiro atoms. The minimum absolute atomic E-state index is 0.366. The normalized spacial score (nSPS) is 26.4. The number of carbonyl (C=O) groups is 1. The van der Waals surface area contributed by atoms with Crippen molar-refractivity contribution in [1.29, 1.82) is 0 Å². The molecule has 1 fully saturated rings. The number of piperidine rings is 1. The van der Waals surface area contributed by atoms with E-state index in [9.17, 15) is 9.90 Å². The SMILES string of the molecule is O=C(O)C1CC2CC(CN(Cc3cccnc3)C2)c2ccccc21. The van der Waals surface area contributed by atoms with Crippen molar-refractivity contribution in [3.05, 3.63) is 65.5 Å². The number of hydrogen-bond donors (Lipinski definition) is 1. The number of likely N-dealkylation sites (tertiary alicyclic amines) is 1. The second kappa shape index (κ2) is 6.36. The highest BCUT2D eigenvalue weighted by atomic mass is 16.4. The quantitative estimate of drug-likeness (QED) is 0.942. The summed E-state index contributed by atoms with van der Waals surface area (Å²) in [7, 11) is 0. The predicted molar refractivity (Wildman–Crippen MR) is 91.8 cm³/mol. The second-order valence-corrected chi connectivity index (χ2v) is 7.11. The highest BCUT2D eigenvalue weighted by molar-refractivity contribution is 5.77. The lowest BCUT2D eigenvalue weighted by Gasteiger charge is -2.37. The van der Waals surface area contributed by atoms with Crippen LogP contribution >= 0.6 is 0 Å². The Bertz CT molecular complexity index is 731. The third-order valence-electron chi connectivity index (χ3n) is 5.42. The number of benzene rings is 1. The van der Waals surface area contributed by atoms with Crippen LogP contribution in [0.25, 0.3) is 0 Å². The Kier molecular flexibility index (Phi) is 4.07. The number of hydrogen-bond acceptors (Lipinski definition) is 3. The number of rotatable bonds is 3. The van der Waals surface area contributed by atoms with Crippen molar-refractivity contribution in [2.45, 2.75) is 31.2 Å². The molecular formula is C20H22N2O2. The molecule has 24 heavy (non-hydrogen) atoms. The Hall–Kier alpha value is -2.20. The number of carboxylic acids is 1. The van der Waals surface area contributed by atoms with Gasteiger partial charge >= 0.3 is 5.97 Å². The summed E-state index contributed by atoms with van der Waals surface area (Å²) >= 11 is 0. The topological polar surface area (TPSA) is 53.4 Å². The van der Waals surface area contributed by atoms with Crippen molar-refractivity contribution >= 4 is 5.97 Å². The molecule has 1 N–H and O–H groups in total. The van der Waals surface area contributed by atoms with E-state index in [4.69, 9.17) is 0 Å². The first-order valence-corrected chi connectivity index (χ1v) is 8.63. The molecule has 2 aliphatic rings. The standard InChI is InChI=1S/C20H22N2O2/c23-20(24)19-9-15-8-16(17-5-1-2-6-18(17)19)13-22(12-15)11-14-4-3-7-21-10-14/h1-7,10,15-16,19H,8-9,11-13H2,(H,23,24). The van der Waals surface area contributed by atoms with Crippen LogP contribution in [0.2, 0.25) is 0 Å². The van der Waals surface area contributed by atoms with Gasteiger partial charge in [0.1, 0.15) is 0 Å². The summed E-state index contributed by atoms with van der Waals surface area (Å²) in [6, 6.07) is 12.2. The van der Waals surface area contributed by atoms with E-state index in [1.807, 2.05) is 30.5 Å². The molecule has 0 saturated carbocycles. The molecule has 2 heterocycles. The summed E-state index contributed by atoms with van der Waals surface area (Å²) in [4.78, 5) is 18.5. The third-order valence-corrected chi connectivity index (χ3v) is 5.42. The van der Waals surface area contributed by atoms with Crippen molar-refractivity contribution in [2.75, 3.05) is 13.1 Å². The van der Waals surface area contributed by atoms with Crippen molar-refractivity contribution < 1.29 is 9.90 Å². The number of fused-ring (bicyclic) bond motifs is 4. The van der Waals surface area contributed by atoms with Gasteiger partial charge in [0.25, 0.3) is 0 Å². The fourth-order valence-electron chi connectivity index (χ4n) is 4.47. The molecule has 3 atom stereocenters. The minimum Gasteiger partial charge on any atom is -0.481 e. The maximum Gasteiger partial charge on any atom is 0.310 e. The average molecular weight is 322 g/mol. The fourth-order valence-corrected chi connectivity index (χ4v) is 4.47. The number of aliphatic carboxylic acids is 1. The summed E-state index contributed by atoms with van der Waals surface area (Å²) in [5.74, 6) is -0.182. The molecule has 1 aliphatic heterocycles. The zero-order chi connectivity index (χ0) is 16.5. The lowest BCUT2D eigenvalue weighted by atomic mass is 9.85. The van der Waals surface area contributed by atoms with Gasteiger partial charge in [-0.2, -0.15) is 0 Å². The van der Waals surface area contributed by atoms with Gasteiger partial charge in [0, 0.05) is 32.0 Å². The van der Waals surface area contributed by atoms with Gasteiger partial charge in [0.15, 0.2) is 0 Å². The van der Waals surface area contributed by atoms with Crippen LogP contribution in [0, 0.1) is 5.92 Å². The van der Waals surface area contributed by atoms with Crippen LogP contribution in [-0.4, -0.2) is 34.0 Å². The Labute approximate surface area is 142 Å². The van der Waals surface area contributed by atoms with E-state index in [1.165, 1.54) is 11.1 Å². The first kappa shape index (κ1) is 15.3. The van der Waals surface area contributed by atoms with Gasteiger partial charge in [0.05, 0.1) is 5.92 Å². The molecule has 2 aromatic rings. The largest absolute Gasteiger partial charge is 0.481 e. The van der Waals surface area contributed by atoms with Crippen molar-refractivity contribution in [2.24, 2.45) is 5.92 Å². The van der Waals surface area contributed by atoms with E-state index < -0.39 is 5.97 Å². The Morgan fingerprint density at radius 2 is 1.96 bits per heavy atom. The smallest absolute Gasteiger partial charge is 0.310 e. The van der Waals surface area contributed by atoms with Gasteiger partial charge in [-0.15, -0.1) is 0 Å². The molecule has 2 bridgehead atoms. The van der Waals surface area contributed by atoms with Gasteiger partial charge in [-0.3, -0.25) is 14.7 Å².